The molecule has 7 nitrogen and oxygen atoms in total. The van der Waals surface area contributed by atoms with Crippen molar-refractivity contribution in [1.29, 1.82) is 0 Å². The van der Waals surface area contributed by atoms with Gasteiger partial charge in [-0.1, -0.05) is 39.0 Å². The Morgan fingerprint density at radius 1 is 1.00 bits per heavy atom. The van der Waals surface area contributed by atoms with Crippen LogP contribution in [-0.4, -0.2) is 35.1 Å². The maximum absolute atomic E-state index is 13.7. The van der Waals surface area contributed by atoms with Crippen molar-refractivity contribution < 1.29 is 24.2 Å². The van der Waals surface area contributed by atoms with Gasteiger partial charge in [0.1, 0.15) is 17.3 Å². The molecule has 1 aliphatic rings. The van der Waals surface area contributed by atoms with Crippen molar-refractivity contribution in [2.45, 2.75) is 39.2 Å². The molecule has 0 aliphatic carbocycles. The third-order valence-corrected chi connectivity index (χ3v) is 7.38. The number of amides is 1. The van der Waals surface area contributed by atoms with Crippen molar-refractivity contribution in [2.24, 2.45) is 7.05 Å². The monoisotopic (exact) mass is 538 g/mol. The number of methoxy groups -OCH3 is 1. The lowest BCUT2D eigenvalue weighted by Gasteiger charge is -2.26. The molecular weight excluding hydrogens is 504 g/mol. The number of hydrogen-bond acceptors (Lipinski definition) is 5. The number of aromatic nitrogens is 1. The minimum absolute atomic E-state index is 0.0428. The zero-order valence-corrected chi connectivity index (χ0v) is 23.7. The first kappa shape index (κ1) is 27.1. The van der Waals surface area contributed by atoms with Crippen LogP contribution in [0.15, 0.2) is 78.5 Å². The minimum Gasteiger partial charge on any atom is -0.507 e. The van der Waals surface area contributed by atoms with Crippen LogP contribution in [-0.2, 0) is 22.1 Å². The minimum atomic E-state index is -0.843. The van der Waals surface area contributed by atoms with Gasteiger partial charge >= 0.3 is 0 Å². The van der Waals surface area contributed by atoms with E-state index >= 15 is 0 Å². The molecule has 4 aromatic rings. The van der Waals surface area contributed by atoms with Crippen LogP contribution in [0.4, 0.5) is 5.69 Å². The van der Waals surface area contributed by atoms with Crippen molar-refractivity contribution in [3.05, 3.63) is 95.2 Å². The number of Topliss-reactive ketones (excluding diaryl/α,β-unsaturated/α-hetero) is 1. The maximum Gasteiger partial charge on any atom is 0.300 e. The molecule has 1 aliphatic heterocycles. The number of hydrogen-bond donors (Lipinski definition) is 1. The van der Waals surface area contributed by atoms with Crippen LogP contribution in [0.5, 0.6) is 11.5 Å². The van der Waals surface area contributed by atoms with Crippen LogP contribution >= 0.6 is 0 Å². The van der Waals surface area contributed by atoms with Gasteiger partial charge in [-0.15, -0.1) is 0 Å². The topological polar surface area (TPSA) is 81.0 Å². The van der Waals surface area contributed by atoms with Crippen LogP contribution in [0.3, 0.4) is 0 Å². The molecular formula is C33H34N2O5. The quantitative estimate of drug-likeness (QED) is 0.172. The van der Waals surface area contributed by atoms with E-state index in [4.69, 9.17) is 9.47 Å². The molecule has 1 fully saturated rings. The summed E-state index contributed by atoms with van der Waals surface area (Å²) in [7, 11) is 3.49. The number of carbonyl (C=O) groups excluding carboxylic acids is 2. The van der Waals surface area contributed by atoms with Crippen molar-refractivity contribution in [3.8, 4) is 11.5 Å². The molecule has 1 N–H and O–H groups in total. The van der Waals surface area contributed by atoms with Gasteiger partial charge in [0.2, 0.25) is 0 Å². The Kier molecular flexibility index (Phi) is 6.92. The lowest BCUT2D eigenvalue weighted by Crippen LogP contribution is -2.29. The van der Waals surface area contributed by atoms with Gasteiger partial charge in [0.15, 0.2) is 0 Å². The zero-order valence-electron chi connectivity index (χ0n) is 23.7. The zero-order chi connectivity index (χ0) is 28.8. The second kappa shape index (κ2) is 10.2. The lowest BCUT2D eigenvalue weighted by atomic mass is 9.84. The summed E-state index contributed by atoms with van der Waals surface area (Å²) < 4.78 is 13.1. The fraction of sp³-hybridized carbons (Fsp3) is 0.273. The molecule has 7 heteroatoms. The molecule has 1 unspecified atom stereocenters. The van der Waals surface area contributed by atoms with Gasteiger partial charge in [-0.05, 0) is 60.9 Å². The van der Waals surface area contributed by atoms with Gasteiger partial charge in [0.05, 0.1) is 25.3 Å². The molecule has 5 rings (SSSR count). The normalized spacial score (nSPS) is 17.1. The van der Waals surface area contributed by atoms with Gasteiger partial charge < -0.3 is 19.1 Å². The van der Waals surface area contributed by atoms with Crippen molar-refractivity contribution in [2.75, 3.05) is 18.6 Å². The van der Waals surface area contributed by atoms with E-state index in [1.807, 2.05) is 61.1 Å². The van der Waals surface area contributed by atoms with Crippen LogP contribution in [0.25, 0.3) is 16.7 Å². The first-order chi connectivity index (χ1) is 19.1. The molecule has 1 saturated heterocycles. The number of aliphatic hydroxyl groups is 1. The Bertz CT molecular complexity index is 1640. The number of para-hydroxylation sites is 1. The molecule has 40 heavy (non-hydrogen) atoms. The summed E-state index contributed by atoms with van der Waals surface area (Å²) in [5.41, 5.74) is 3.33. The number of nitrogens with zero attached hydrogens (tertiary/aromatic N) is 2. The van der Waals surface area contributed by atoms with Crippen molar-refractivity contribution >= 4 is 34.0 Å². The molecule has 1 amide bonds. The Labute approximate surface area is 234 Å². The third kappa shape index (κ3) is 4.51. The van der Waals surface area contributed by atoms with E-state index in [9.17, 15) is 14.7 Å². The molecule has 1 aromatic heterocycles. The van der Waals surface area contributed by atoms with Gasteiger partial charge in [0, 0.05) is 46.5 Å². The Balaban J connectivity index is 1.77. The highest BCUT2D eigenvalue weighted by atomic mass is 16.5. The maximum atomic E-state index is 13.7. The molecule has 2 heterocycles. The predicted molar refractivity (Wildman–Crippen MR) is 157 cm³/mol. The number of rotatable bonds is 6. The highest BCUT2D eigenvalue weighted by molar-refractivity contribution is 6.51. The van der Waals surface area contributed by atoms with Crippen molar-refractivity contribution in [1.82, 2.24) is 4.57 Å². The van der Waals surface area contributed by atoms with Crippen molar-refractivity contribution in [3.63, 3.8) is 0 Å². The van der Waals surface area contributed by atoms with Crippen LogP contribution < -0.4 is 14.4 Å². The van der Waals surface area contributed by atoms with Gasteiger partial charge in [-0.25, -0.2) is 0 Å². The summed E-state index contributed by atoms with van der Waals surface area (Å²) in [6.07, 6.45) is 1.92. The fourth-order valence-corrected chi connectivity index (χ4v) is 5.43. The molecule has 0 bridgehead atoms. The molecule has 206 valence electrons. The standard InChI is InChI=1S/C33H34N2O5/c1-7-40-27-17-12-20(18-25(27)33(2,3)4)30(36)28-29(24-19-34(5)26-11-9-8-10-23(24)26)35(32(38)31(28)37)21-13-15-22(39-6)16-14-21/h8-19,29,36H,7H2,1-6H3/b30-28+. The average molecular weight is 539 g/mol. The highest BCUT2D eigenvalue weighted by Gasteiger charge is 2.48. The van der Waals surface area contributed by atoms with Gasteiger partial charge in [-0.2, -0.15) is 0 Å². The predicted octanol–water partition coefficient (Wildman–Crippen LogP) is 6.51. The Morgan fingerprint density at radius 3 is 2.35 bits per heavy atom. The number of carbonyl (C=O) groups is 2. The van der Waals surface area contributed by atoms with E-state index < -0.39 is 17.7 Å². The number of aliphatic hydroxyl groups excluding tert-OH is 1. The summed E-state index contributed by atoms with van der Waals surface area (Å²) in [4.78, 5) is 28.9. The van der Waals surface area contributed by atoms with E-state index in [1.54, 1.807) is 37.4 Å². The number of aryl methyl sites for hydroxylation is 1. The summed E-state index contributed by atoms with van der Waals surface area (Å²) in [6.45, 7) is 8.61. The first-order valence-electron chi connectivity index (χ1n) is 13.3. The average Bonchev–Trinajstić information content (AvgIpc) is 3.41. The second-order valence-electron chi connectivity index (χ2n) is 11.0. The second-order valence-corrected chi connectivity index (χ2v) is 11.0. The van der Waals surface area contributed by atoms with E-state index in [2.05, 4.69) is 20.8 Å². The number of benzene rings is 3. The molecule has 0 radical (unpaired) electrons. The third-order valence-electron chi connectivity index (χ3n) is 7.38. The van der Waals surface area contributed by atoms with Crippen LogP contribution in [0, 0.1) is 0 Å². The summed E-state index contributed by atoms with van der Waals surface area (Å²) >= 11 is 0. The highest BCUT2D eigenvalue weighted by Crippen LogP contribution is 2.45. The van der Waals surface area contributed by atoms with Gasteiger partial charge in [0.25, 0.3) is 11.7 Å². The lowest BCUT2D eigenvalue weighted by molar-refractivity contribution is -0.132. The SMILES string of the molecule is CCOc1ccc(/C(O)=C2\C(=O)C(=O)N(c3ccc(OC)cc3)C2c2cn(C)c3ccccc23)cc1C(C)(C)C. The Hall–Kier alpha value is -4.52. The Morgan fingerprint density at radius 2 is 1.70 bits per heavy atom. The number of ketones is 1. The number of ether oxygens (including phenoxy) is 2. The van der Waals surface area contributed by atoms with E-state index in [0.29, 0.717) is 23.6 Å². The summed E-state index contributed by atoms with van der Waals surface area (Å²) in [6, 6.07) is 19.4. The van der Waals surface area contributed by atoms with Crippen LogP contribution in [0.2, 0.25) is 0 Å². The van der Waals surface area contributed by atoms with E-state index in [-0.39, 0.29) is 16.7 Å². The molecule has 3 aromatic carbocycles. The first-order valence-corrected chi connectivity index (χ1v) is 13.3. The molecule has 1 atom stereocenters. The van der Waals surface area contributed by atoms with Crippen LogP contribution in [0.1, 0.15) is 50.4 Å². The number of anilines is 1. The van der Waals surface area contributed by atoms with Gasteiger partial charge in [-0.3, -0.25) is 14.5 Å². The summed E-state index contributed by atoms with van der Waals surface area (Å²) in [5.74, 6) is -0.313. The smallest absolute Gasteiger partial charge is 0.300 e. The van der Waals surface area contributed by atoms with E-state index in [0.717, 1.165) is 27.8 Å². The summed E-state index contributed by atoms with van der Waals surface area (Å²) in [5, 5.41) is 12.7. The molecule has 0 saturated carbocycles. The fourth-order valence-electron chi connectivity index (χ4n) is 5.43. The number of fused-ring (bicyclic) bond motifs is 1. The molecule has 0 spiro atoms. The van der Waals surface area contributed by atoms with E-state index in [1.165, 1.54) is 4.90 Å². The largest absolute Gasteiger partial charge is 0.507 e.